The van der Waals surface area contributed by atoms with Crippen molar-refractivity contribution in [2.24, 2.45) is 0 Å². The fourth-order valence-corrected chi connectivity index (χ4v) is 3.43. The van der Waals surface area contributed by atoms with Gasteiger partial charge in [-0.2, -0.15) is 0 Å². The molecule has 0 aliphatic rings. The number of imidazole rings is 1. The number of amides is 1. The Morgan fingerprint density at radius 1 is 1.19 bits per heavy atom. The van der Waals surface area contributed by atoms with Gasteiger partial charge in [0.05, 0.1) is 6.33 Å². The van der Waals surface area contributed by atoms with Crippen LogP contribution in [0.5, 0.6) is 0 Å². The molecular formula is C20H21N3O2S. The molecule has 1 aromatic heterocycles. The Labute approximate surface area is 157 Å². The molecule has 2 aromatic carbocycles. The third-order valence-corrected chi connectivity index (χ3v) is 5.03. The molecule has 0 aliphatic carbocycles. The first kappa shape index (κ1) is 18.1. The van der Waals surface area contributed by atoms with Crippen LogP contribution in [0.15, 0.2) is 72.1 Å². The van der Waals surface area contributed by atoms with E-state index in [1.807, 2.05) is 47.4 Å². The molecule has 0 radical (unpaired) electrons. The van der Waals surface area contributed by atoms with E-state index in [1.165, 1.54) is 16.0 Å². The smallest absolute Gasteiger partial charge is 0.411 e. The third kappa shape index (κ3) is 5.13. The minimum absolute atomic E-state index is 0.356. The van der Waals surface area contributed by atoms with Gasteiger partial charge in [-0.15, -0.1) is 11.8 Å². The predicted molar refractivity (Wildman–Crippen MR) is 105 cm³/mol. The monoisotopic (exact) mass is 367 g/mol. The third-order valence-electron chi connectivity index (χ3n) is 3.90. The van der Waals surface area contributed by atoms with Crippen molar-refractivity contribution in [2.75, 3.05) is 17.7 Å². The molecule has 3 rings (SSSR count). The first-order valence-corrected chi connectivity index (χ1v) is 9.37. The minimum Gasteiger partial charge on any atom is -0.448 e. The van der Waals surface area contributed by atoms with Crippen molar-refractivity contribution in [3.8, 4) is 0 Å². The predicted octanol–water partition coefficient (Wildman–Crippen LogP) is 4.58. The molecule has 5 nitrogen and oxygen atoms in total. The highest BCUT2D eigenvalue weighted by Gasteiger charge is 2.07. The lowest BCUT2D eigenvalue weighted by molar-refractivity contribution is 0.169. The number of rotatable bonds is 7. The van der Waals surface area contributed by atoms with Gasteiger partial charge in [-0.05, 0) is 36.2 Å². The second-order valence-corrected chi connectivity index (χ2v) is 6.89. The quantitative estimate of drug-likeness (QED) is 0.490. The van der Waals surface area contributed by atoms with Gasteiger partial charge in [-0.3, -0.25) is 5.32 Å². The maximum Gasteiger partial charge on any atom is 0.411 e. The Hall–Kier alpha value is -2.73. The molecule has 3 aromatic rings. The molecule has 0 bridgehead atoms. The van der Waals surface area contributed by atoms with Crippen LogP contribution in [-0.4, -0.2) is 28.0 Å². The topological polar surface area (TPSA) is 56.2 Å². The van der Waals surface area contributed by atoms with Gasteiger partial charge in [0.25, 0.3) is 0 Å². The van der Waals surface area contributed by atoms with Crippen molar-refractivity contribution in [3.05, 3.63) is 78.4 Å². The molecule has 0 aliphatic heterocycles. The van der Waals surface area contributed by atoms with E-state index in [4.69, 9.17) is 4.74 Å². The van der Waals surface area contributed by atoms with Crippen molar-refractivity contribution in [3.63, 3.8) is 0 Å². The van der Waals surface area contributed by atoms with Gasteiger partial charge in [-0.25, -0.2) is 9.78 Å². The Kier molecular flexibility index (Phi) is 6.33. The van der Waals surface area contributed by atoms with Gasteiger partial charge in [0.2, 0.25) is 0 Å². The van der Waals surface area contributed by atoms with Crippen LogP contribution in [0.4, 0.5) is 10.5 Å². The number of benzene rings is 2. The highest BCUT2D eigenvalue weighted by atomic mass is 32.2. The summed E-state index contributed by atoms with van der Waals surface area (Å²) in [5.41, 5.74) is 3.24. The van der Waals surface area contributed by atoms with Crippen LogP contribution >= 0.6 is 11.8 Å². The lowest BCUT2D eigenvalue weighted by Gasteiger charge is -2.12. The average molecular weight is 367 g/mol. The van der Waals surface area contributed by atoms with Gasteiger partial charge in [0, 0.05) is 35.3 Å². The van der Waals surface area contributed by atoms with Crippen LogP contribution in [0.25, 0.3) is 0 Å². The lowest BCUT2D eigenvalue weighted by atomic mass is 10.1. The van der Waals surface area contributed by atoms with Gasteiger partial charge in [0.1, 0.15) is 6.61 Å². The number of ether oxygens (including phenoxy) is 1. The summed E-state index contributed by atoms with van der Waals surface area (Å²) < 4.78 is 7.29. The molecule has 134 valence electrons. The van der Waals surface area contributed by atoms with Gasteiger partial charge in [0.15, 0.2) is 0 Å². The highest BCUT2D eigenvalue weighted by Crippen LogP contribution is 2.25. The molecule has 0 saturated carbocycles. The number of aromatic nitrogens is 2. The summed E-state index contributed by atoms with van der Waals surface area (Å²) in [6.07, 6.45) is 5.13. The Morgan fingerprint density at radius 2 is 2.04 bits per heavy atom. The largest absolute Gasteiger partial charge is 0.448 e. The van der Waals surface area contributed by atoms with E-state index < -0.39 is 6.09 Å². The van der Waals surface area contributed by atoms with Crippen LogP contribution in [0.2, 0.25) is 0 Å². The van der Waals surface area contributed by atoms with Crippen molar-refractivity contribution >= 4 is 23.5 Å². The number of carbonyl (C=O) groups is 1. The lowest BCUT2D eigenvalue weighted by Crippen LogP contribution is -2.15. The Bertz CT molecular complexity index is 836. The molecule has 0 fully saturated rings. The number of hydrogen-bond acceptors (Lipinski definition) is 4. The summed E-state index contributed by atoms with van der Waals surface area (Å²) in [4.78, 5) is 17.1. The summed E-state index contributed by atoms with van der Waals surface area (Å²) in [5, 5.41) is 2.71. The van der Waals surface area contributed by atoms with Crippen molar-refractivity contribution in [2.45, 2.75) is 18.4 Å². The average Bonchev–Trinajstić information content (AvgIpc) is 3.15. The fourth-order valence-electron chi connectivity index (χ4n) is 2.53. The summed E-state index contributed by atoms with van der Waals surface area (Å²) in [7, 11) is 0. The second kappa shape index (κ2) is 9.10. The highest BCUT2D eigenvalue weighted by molar-refractivity contribution is 7.99. The van der Waals surface area contributed by atoms with Crippen LogP contribution in [-0.2, 0) is 11.3 Å². The van der Waals surface area contributed by atoms with Crippen LogP contribution in [0.3, 0.4) is 0 Å². The van der Waals surface area contributed by atoms with E-state index in [-0.39, 0.29) is 0 Å². The van der Waals surface area contributed by atoms with E-state index in [9.17, 15) is 4.79 Å². The molecule has 26 heavy (non-hydrogen) atoms. The standard InChI is InChI=1S/C20H21N3O2S/c1-16-17(14-23-11-10-21-15-23)6-5-9-19(16)26-13-12-25-20(24)22-18-7-3-2-4-8-18/h2-11,15H,12-14H2,1H3,(H,22,24). The van der Waals surface area contributed by atoms with E-state index >= 15 is 0 Å². The van der Waals surface area contributed by atoms with E-state index in [0.29, 0.717) is 12.4 Å². The van der Waals surface area contributed by atoms with Crippen molar-refractivity contribution in [1.29, 1.82) is 0 Å². The molecule has 0 spiro atoms. The minimum atomic E-state index is -0.428. The van der Waals surface area contributed by atoms with Crippen LogP contribution < -0.4 is 5.32 Å². The summed E-state index contributed by atoms with van der Waals surface area (Å²) >= 11 is 1.69. The van der Waals surface area contributed by atoms with Crippen LogP contribution in [0, 0.1) is 6.92 Å². The summed E-state index contributed by atoms with van der Waals surface area (Å²) in [5.74, 6) is 0.706. The second-order valence-electron chi connectivity index (χ2n) is 5.75. The zero-order valence-corrected chi connectivity index (χ0v) is 15.4. The molecule has 0 atom stereocenters. The van der Waals surface area contributed by atoms with Crippen molar-refractivity contribution < 1.29 is 9.53 Å². The number of nitrogens with zero attached hydrogens (tertiary/aromatic N) is 2. The van der Waals surface area contributed by atoms with Crippen molar-refractivity contribution in [1.82, 2.24) is 9.55 Å². The molecule has 0 saturated heterocycles. The first-order chi connectivity index (χ1) is 12.7. The number of anilines is 1. The summed E-state index contributed by atoms with van der Waals surface area (Å²) in [6, 6.07) is 15.6. The molecule has 0 unspecified atom stereocenters. The van der Waals surface area contributed by atoms with Gasteiger partial charge < -0.3 is 9.30 Å². The summed E-state index contributed by atoms with van der Waals surface area (Å²) in [6.45, 7) is 3.28. The number of nitrogens with one attached hydrogen (secondary N) is 1. The zero-order chi connectivity index (χ0) is 18.2. The maximum atomic E-state index is 11.8. The molecule has 1 N–H and O–H groups in total. The maximum absolute atomic E-state index is 11.8. The normalized spacial score (nSPS) is 10.5. The molecule has 1 heterocycles. The Balaban J connectivity index is 1.46. The number of hydrogen-bond donors (Lipinski definition) is 1. The van der Waals surface area contributed by atoms with Gasteiger partial charge >= 0.3 is 6.09 Å². The van der Waals surface area contributed by atoms with E-state index in [0.717, 1.165) is 12.2 Å². The van der Waals surface area contributed by atoms with Gasteiger partial charge in [-0.1, -0.05) is 30.3 Å². The van der Waals surface area contributed by atoms with E-state index in [1.54, 1.807) is 18.0 Å². The molecule has 1 amide bonds. The van der Waals surface area contributed by atoms with Crippen LogP contribution in [0.1, 0.15) is 11.1 Å². The molecule has 6 heteroatoms. The Morgan fingerprint density at radius 3 is 2.81 bits per heavy atom. The number of para-hydroxylation sites is 1. The molecular weight excluding hydrogens is 346 g/mol. The SMILES string of the molecule is Cc1c(Cn2ccnc2)cccc1SCCOC(=O)Nc1ccccc1. The van der Waals surface area contributed by atoms with E-state index in [2.05, 4.69) is 35.4 Å². The first-order valence-electron chi connectivity index (χ1n) is 8.38. The fraction of sp³-hybridized carbons (Fsp3) is 0.200. The number of thioether (sulfide) groups is 1. The number of carbonyl (C=O) groups excluding carboxylic acids is 1. The zero-order valence-electron chi connectivity index (χ0n) is 14.6.